The Hall–Kier alpha value is -0.820. The van der Waals surface area contributed by atoms with E-state index in [0.29, 0.717) is 6.04 Å². The first-order valence-electron chi connectivity index (χ1n) is 8.90. The van der Waals surface area contributed by atoms with Gasteiger partial charge < -0.3 is 5.32 Å². The van der Waals surface area contributed by atoms with E-state index in [-0.39, 0.29) is 5.41 Å². The molecule has 0 saturated heterocycles. The van der Waals surface area contributed by atoms with E-state index >= 15 is 0 Å². The van der Waals surface area contributed by atoms with E-state index in [0.717, 1.165) is 12.5 Å². The highest BCUT2D eigenvalue weighted by molar-refractivity contribution is 5.29. The number of hydrogen-bond acceptors (Lipinski definition) is 1. The summed E-state index contributed by atoms with van der Waals surface area (Å²) in [6.45, 7) is 10.2. The molecule has 1 unspecified atom stereocenters. The van der Waals surface area contributed by atoms with Gasteiger partial charge in [-0.25, -0.2) is 0 Å². The smallest absolute Gasteiger partial charge is 0.0322 e. The Bertz CT molecular complexity index is 412. The average Bonchev–Trinajstić information content (AvgIpc) is 3.00. The van der Waals surface area contributed by atoms with Crippen LogP contribution in [0.4, 0.5) is 0 Å². The van der Waals surface area contributed by atoms with Gasteiger partial charge in [-0.1, -0.05) is 77.6 Å². The summed E-state index contributed by atoms with van der Waals surface area (Å²) in [6.07, 6.45) is 8.24. The third-order valence-electron chi connectivity index (χ3n) is 5.47. The van der Waals surface area contributed by atoms with Gasteiger partial charge in [-0.15, -0.1) is 0 Å². The predicted octanol–water partition coefficient (Wildman–Crippen LogP) is 5.61. The maximum atomic E-state index is 3.70. The number of nitrogens with one attached hydrogen (secondary N) is 1. The molecule has 0 aliphatic heterocycles. The molecule has 1 heteroatoms. The molecule has 0 heterocycles. The van der Waals surface area contributed by atoms with Crippen LogP contribution in [0.5, 0.6) is 0 Å². The zero-order chi connectivity index (χ0) is 15.3. The van der Waals surface area contributed by atoms with Crippen LogP contribution in [-0.2, 0) is 5.41 Å². The summed E-state index contributed by atoms with van der Waals surface area (Å²) in [6, 6.07) is 9.94. The maximum Gasteiger partial charge on any atom is 0.0322 e. The summed E-state index contributed by atoms with van der Waals surface area (Å²) >= 11 is 0. The Balaban J connectivity index is 2.09. The lowest BCUT2D eigenvalue weighted by Gasteiger charge is -2.26. The van der Waals surface area contributed by atoms with Crippen LogP contribution in [0.2, 0.25) is 0 Å². The van der Waals surface area contributed by atoms with Gasteiger partial charge in [-0.3, -0.25) is 0 Å². The van der Waals surface area contributed by atoms with Crippen LogP contribution in [-0.4, -0.2) is 6.54 Å². The van der Waals surface area contributed by atoms with E-state index in [1.54, 1.807) is 0 Å². The van der Waals surface area contributed by atoms with Crippen LogP contribution >= 0.6 is 0 Å². The summed E-state index contributed by atoms with van der Waals surface area (Å²) in [4.78, 5) is 0. The standard InChI is InChI=1S/C20H33N/c1-5-20(3,4)18-13-11-17(12-14-18)19(21-6-2)15-16-9-7-8-10-16/h11-14,16,19,21H,5-10,15H2,1-4H3. The second-order valence-corrected chi connectivity index (χ2v) is 7.36. The van der Waals surface area contributed by atoms with Crippen LogP contribution in [0.25, 0.3) is 0 Å². The van der Waals surface area contributed by atoms with Crippen molar-refractivity contribution in [2.75, 3.05) is 6.54 Å². The lowest BCUT2D eigenvalue weighted by atomic mass is 9.81. The minimum absolute atomic E-state index is 0.289. The zero-order valence-electron chi connectivity index (χ0n) is 14.4. The molecule has 0 spiro atoms. The highest BCUT2D eigenvalue weighted by Crippen LogP contribution is 2.34. The average molecular weight is 287 g/mol. The van der Waals surface area contributed by atoms with E-state index in [1.165, 1.54) is 49.7 Å². The lowest BCUT2D eigenvalue weighted by molar-refractivity contribution is 0.400. The van der Waals surface area contributed by atoms with Gasteiger partial charge in [-0.05, 0) is 41.8 Å². The zero-order valence-corrected chi connectivity index (χ0v) is 14.4. The second kappa shape index (κ2) is 7.45. The molecule has 0 bridgehead atoms. The molecule has 2 rings (SSSR count). The largest absolute Gasteiger partial charge is 0.310 e. The van der Waals surface area contributed by atoms with Crippen molar-refractivity contribution < 1.29 is 0 Å². The molecule has 1 saturated carbocycles. The van der Waals surface area contributed by atoms with Gasteiger partial charge >= 0.3 is 0 Å². The minimum atomic E-state index is 0.289. The first kappa shape index (κ1) is 16.5. The fourth-order valence-corrected chi connectivity index (χ4v) is 3.53. The third-order valence-corrected chi connectivity index (χ3v) is 5.47. The summed E-state index contributed by atoms with van der Waals surface area (Å²) in [7, 11) is 0. The van der Waals surface area contributed by atoms with Crippen molar-refractivity contribution in [3.05, 3.63) is 35.4 Å². The quantitative estimate of drug-likeness (QED) is 0.687. The molecule has 1 nitrogen and oxygen atoms in total. The molecule has 1 aromatic rings. The van der Waals surface area contributed by atoms with Gasteiger partial charge in [0.1, 0.15) is 0 Å². The van der Waals surface area contributed by atoms with Crippen LogP contribution in [0, 0.1) is 5.92 Å². The second-order valence-electron chi connectivity index (χ2n) is 7.36. The highest BCUT2D eigenvalue weighted by atomic mass is 14.9. The van der Waals surface area contributed by atoms with E-state index in [4.69, 9.17) is 0 Å². The van der Waals surface area contributed by atoms with Crippen molar-refractivity contribution >= 4 is 0 Å². The number of hydrogen-bond donors (Lipinski definition) is 1. The number of benzene rings is 1. The Morgan fingerprint density at radius 1 is 1.10 bits per heavy atom. The van der Waals surface area contributed by atoms with Gasteiger partial charge in [0, 0.05) is 6.04 Å². The monoisotopic (exact) mass is 287 g/mol. The van der Waals surface area contributed by atoms with E-state index in [1.807, 2.05) is 0 Å². The molecule has 21 heavy (non-hydrogen) atoms. The van der Waals surface area contributed by atoms with Crippen molar-refractivity contribution in [1.82, 2.24) is 5.32 Å². The molecule has 1 fully saturated rings. The third kappa shape index (κ3) is 4.32. The minimum Gasteiger partial charge on any atom is -0.310 e. The Morgan fingerprint density at radius 3 is 2.24 bits per heavy atom. The topological polar surface area (TPSA) is 12.0 Å². The molecule has 0 radical (unpaired) electrons. The lowest BCUT2D eigenvalue weighted by Crippen LogP contribution is -2.23. The Labute approximate surface area is 131 Å². The fraction of sp³-hybridized carbons (Fsp3) is 0.700. The molecule has 0 amide bonds. The summed E-state index contributed by atoms with van der Waals surface area (Å²) < 4.78 is 0. The Morgan fingerprint density at radius 2 is 1.71 bits per heavy atom. The molecule has 118 valence electrons. The van der Waals surface area contributed by atoms with Gasteiger partial charge in [0.05, 0.1) is 0 Å². The van der Waals surface area contributed by atoms with Crippen LogP contribution in [0.1, 0.15) is 83.4 Å². The van der Waals surface area contributed by atoms with Crippen molar-refractivity contribution in [2.45, 2.75) is 77.7 Å². The van der Waals surface area contributed by atoms with Crippen molar-refractivity contribution in [3.8, 4) is 0 Å². The molecule has 0 aromatic heterocycles. The Kier molecular flexibility index (Phi) is 5.87. The summed E-state index contributed by atoms with van der Waals surface area (Å²) in [5.74, 6) is 0.931. The van der Waals surface area contributed by atoms with Gasteiger partial charge in [-0.2, -0.15) is 0 Å². The first-order valence-corrected chi connectivity index (χ1v) is 8.90. The van der Waals surface area contributed by atoms with Crippen LogP contribution in [0.3, 0.4) is 0 Å². The van der Waals surface area contributed by atoms with Crippen LogP contribution in [0.15, 0.2) is 24.3 Å². The summed E-state index contributed by atoms with van der Waals surface area (Å²) in [5, 5.41) is 3.70. The SMILES string of the molecule is CCNC(CC1CCCC1)c1ccc(C(C)(C)CC)cc1. The molecular weight excluding hydrogens is 254 g/mol. The molecule has 1 aliphatic carbocycles. The van der Waals surface area contributed by atoms with E-state index in [2.05, 4.69) is 57.3 Å². The van der Waals surface area contributed by atoms with Gasteiger partial charge in [0.25, 0.3) is 0 Å². The van der Waals surface area contributed by atoms with Crippen molar-refractivity contribution in [2.24, 2.45) is 5.92 Å². The molecular formula is C20H33N. The van der Waals surface area contributed by atoms with E-state index < -0.39 is 0 Å². The molecule has 1 N–H and O–H groups in total. The van der Waals surface area contributed by atoms with Crippen LogP contribution < -0.4 is 5.32 Å². The van der Waals surface area contributed by atoms with Crippen molar-refractivity contribution in [3.63, 3.8) is 0 Å². The first-order chi connectivity index (χ1) is 10.1. The number of rotatable bonds is 7. The summed E-state index contributed by atoms with van der Waals surface area (Å²) in [5.41, 5.74) is 3.22. The fourth-order valence-electron chi connectivity index (χ4n) is 3.53. The van der Waals surface area contributed by atoms with Gasteiger partial charge in [0.15, 0.2) is 0 Å². The maximum absolute atomic E-state index is 3.70. The van der Waals surface area contributed by atoms with Gasteiger partial charge in [0.2, 0.25) is 0 Å². The highest BCUT2D eigenvalue weighted by Gasteiger charge is 2.22. The molecule has 1 atom stereocenters. The molecule has 1 aliphatic rings. The molecule has 1 aromatic carbocycles. The van der Waals surface area contributed by atoms with Crippen molar-refractivity contribution in [1.29, 1.82) is 0 Å². The normalized spacial score (nSPS) is 18.1. The predicted molar refractivity (Wildman–Crippen MR) is 92.8 cm³/mol. The van der Waals surface area contributed by atoms with E-state index in [9.17, 15) is 0 Å².